The molecule has 2 aliphatic heterocycles. The number of amides is 1. The smallest absolute Gasteiger partial charge is 0.409 e. The van der Waals surface area contributed by atoms with E-state index in [1.54, 1.807) is 11.9 Å². The van der Waals surface area contributed by atoms with E-state index in [-0.39, 0.29) is 11.5 Å². The van der Waals surface area contributed by atoms with Gasteiger partial charge in [-0.05, 0) is 31.4 Å². The van der Waals surface area contributed by atoms with Crippen LogP contribution in [0, 0.1) is 0 Å². The quantitative estimate of drug-likeness (QED) is 0.597. The van der Waals surface area contributed by atoms with E-state index >= 15 is 0 Å². The van der Waals surface area contributed by atoms with Crippen LogP contribution in [0.25, 0.3) is 0 Å². The van der Waals surface area contributed by atoms with E-state index in [4.69, 9.17) is 21.1 Å². The number of carbonyl (C=O) groups is 1. The van der Waals surface area contributed by atoms with Gasteiger partial charge in [-0.25, -0.2) is 4.79 Å². The molecule has 0 aromatic heterocycles. The number of hydrogen-bond acceptors (Lipinski definition) is 4. The highest BCUT2D eigenvalue weighted by Crippen LogP contribution is 2.38. The van der Waals surface area contributed by atoms with E-state index < -0.39 is 0 Å². The van der Waals surface area contributed by atoms with Gasteiger partial charge in [-0.2, -0.15) is 0 Å². The van der Waals surface area contributed by atoms with Gasteiger partial charge < -0.3 is 24.6 Å². The van der Waals surface area contributed by atoms with Crippen molar-refractivity contribution >= 4 is 23.7 Å². The van der Waals surface area contributed by atoms with Crippen LogP contribution in [-0.4, -0.2) is 81.4 Å². The third kappa shape index (κ3) is 5.14. The molecule has 0 unspecified atom stereocenters. The Kier molecular flexibility index (Phi) is 7.61. The number of ether oxygens (including phenoxy) is 2. The molecule has 0 radical (unpaired) electrons. The van der Waals surface area contributed by atoms with Crippen molar-refractivity contribution in [3.8, 4) is 0 Å². The summed E-state index contributed by atoms with van der Waals surface area (Å²) >= 11 is 6.56. The lowest BCUT2D eigenvalue weighted by molar-refractivity contribution is 0.0510. The van der Waals surface area contributed by atoms with E-state index in [0.717, 1.165) is 56.7 Å². The first-order valence-corrected chi connectivity index (χ1v) is 10.7. The Morgan fingerprint density at radius 1 is 1.21 bits per heavy atom. The Labute approximate surface area is 178 Å². The van der Waals surface area contributed by atoms with Gasteiger partial charge in [0, 0.05) is 63.4 Å². The average molecular weight is 423 g/mol. The summed E-state index contributed by atoms with van der Waals surface area (Å²) in [4.78, 5) is 20.3. The summed E-state index contributed by atoms with van der Waals surface area (Å²) in [7, 11) is 1.80. The number of nitrogens with zero attached hydrogens (tertiary/aromatic N) is 3. The normalized spacial score (nSPS) is 19.8. The second kappa shape index (κ2) is 10.2. The van der Waals surface area contributed by atoms with Gasteiger partial charge in [-0.1, -0.05) is 29.8 Å². The summed E-state index contributed by atoms with van der Waals surface area (Å²) in [6.45, 7) is 7.12. The standard InChI is InChI=1S/C21H31ClN4O3/c1-3-29-20(27)26-12-10-25(11-13-26)19(23-2)24-16-21(8-14-28-15-9-21)17-6-4-5-7-18(17)22/h4-7H,3,8-16H2,1-2H3,(H,23,24). The molecule has 29 heavy (non-hydrogen) atoms. The van der Waals surface area contributed by atoms with Crippen LogP contribution in [0.3, 0.4) is 0 Å². The van der Waals surface area contributed by atoms with Crippen LogP contribution in [-0.2, 0) is 14.9 Å². The van der Waals surface area contributed by atoms with Crippen molar-refractivity contribution in [2.75, 3.05) is 59.6 Å². The molecule has 8 heteroatoms. The van der Waals surface area contributed by atoms with E-state index in [1.165, 1.54) is 5.56 Å². The van der Waals surface area contributed by atoms with Crippen molar-refractivity contribution < 1.29 is 14.3 Å². The van der Waals surface area contributed by atoms with E-state index in [2.05, 4.69) is 21.3 Å². The van der Waals surface area contributed by atoms with Gasteiger partial charge in [0.2, 0.25) is 0 Å². The van der Waals surface area contributed by atoms with Gasteiger partial charge >= 0.3 is 6.09 Å². The van der Waals surface area contributed by atoms with E-state index in [1.807, 2.05) is 25.1 Å². The predicted octanol–water partition coefficient (Wildman–Crippen LogP) is 2.74. The van der Waals surface area contributed by atoms with Gasteiger partial charge in [0.1, 0.15) is 0 Å². The summed E-state index contributed by atoms with van der Waals surface area (Å²) in [5.41, 5.74) is 1.08. The number of halogens is 1. The van der Waals surface area contributed by atoms with E-state index in [0.29, 0.717) is 19.7 Å². The van der Waals surface area contributed by atoms with Crippen molar-refractivity contribution in [1.29, 1.82) is 0 Å². The molecule has 0 spiro atoms. The van der Waals surface area contributed by atoms with Gasteiger partial charge in [0.15, 0.2) is 5.96 Å². The fraction of sp³-hybridized carbons (Fsp3) is 0.619. The third-order valence-electron chi connectivity index (χ3n) is 5.80. The lowest BCUT2D eigenvalue weighted by atomic mass is 9.74. The molecule has 2 fully saturated rings. The van der Waals surface area contributed by atoms with Crippen molar-refractivity contribution in [1.82, 2.24) is 15.1 Å². The lowest BCUT2D eigenvalue weighted by Gasteiger charge is -2.41. The first kappa shape index (κ1) is 21.7. The molecule has 3 rings (SSSR count). The molecule has 2 aliphatic rings. The molecule has 0 bridgehead atoms. The topological polar surface area (TPSA) is 66.4 Å². The Balaban J connectivity index is 1.65. The minimum absolute atomic E-state index is 0.0840. The molecule has 0 saturated carbocycles. The first-order chi connectivity index (χ1) is 14.1. The highest BCUT2D eigenvalue weighted by atomic mass is 35.5. The zero-order valence-corrected chi connectivity index (χ0v) is 18.1. The van der Waals surface area contributed by atoms with Crippen LogP contribution in [0.1, 0.15) is 25.3 Å². The zero-order valence-electron chi connectivity index (χ0n) is 17.3. The highest BCUT2D eigenvalue weighted by molar-refractivity contribution is 6.31. The molecule has 1 N–H and O–H groups in total. The molecule has 1 aromatic rings. The molecule has 0 aliphatic carbocycles. The second-order valence-electron chi connectivity index (χ2n) is 7.45. The van der Waals surface area contributed by atoms with Crippen LogP contribution in [0.4, 0.5) is 4.79 Å². The van der Waals surface area contributed by atoms with Crippen LogP contribution < -0.4 is 5.32 Å². The number of piperazine rings is 1. The Hall–Kier alpha value is -1.99. The molecule has 160 valence electrons. The van der Waals surface area contributed by atoms with Crippen molar-refractivity contribution in [3.05, 3.63) is 34.9 Å². The van der Waals surface area contributed by atoms with E-state index in [9.17, 15) is 4.79 Å². The largest absolute Gasteiger partial charge is 0.450 e. The molecular weight excluding hydrogens is 392 g/mol. The molecule has 2 saturated heterocycles. The molecule has 7 nitrogen and oxygen atoms in total. The van der Waals surface area contributed by atoms with Crippen LogP contribution in [0.5, 0.6) is 0 Å². The van der Waals surface area contributed by atoms with Gasteiger partial charge in [0.25, 0.3) is 0 Å². The fourth-order valence-electron chi connectivity index (χ4n) is 4.09. The van der Waals surface area contributed by atoms with Crippen molar-refractivity contribution in [2.24, 2.45) is 4.99 Å². The van der Waals surface area contributed by atoms with Crippen molar-refractivity contribution in [2.45, 2.75) is 25.2 Å². The first-order valence-electron chi connectivity index (χ1n) is 10.3. The molecular formula is C21H31ClN4O3. The minimum Gasteiger partial charge on any atom is -0.450 e. The summed E-state index contributed by atoms with van der Waals surface area (Å²) in [6.07, 6.45) is 1.59. The SMILES string of the molecule is CCOC(=O)N1CCN(C(=NC)NCC2(c3ccccc3Cl)CCOCC2)CC1. The number of guanidine groups is 1. The number of nitrogens with one attached hydrogen (secondary N) is 1. The number of hydrogen-bond donors (Lipinski definition) is 1. The number of carbonyl (C=O) groups excluding carboxylic acids is 1. The average Bonchev–Trinajstić information content (AvgIpc) is 2.76. The summed E-state index contributed by atoms with van der Waals surface area (Å²) in [5, 5.41) is 4.37. The minimum atomic E-state index is -0.241. The number of aliphatic imine (C=N–C) groups is 1. The number of benzene rings is 1. The molecule has 1 aromatic carbocycles. The van der Waals surface area contributed by atoms with Crippen LogP contribution in [0.2, 0.25) is 5.02 Å². The third-order valence-corrected chi connectivity index (χ3v) is 6.13. The highest BCUT2D eigenvalue weighted by Gasteiger charge is 2.36. The maximum Gasteiger partial charge on any atom is 0.409 e. The Bertz CT molecular complexity index is 714. The second-order valence-corrected chi connectivity index (χ2v) is 7.85. The van der Waals surface area contributed by atoms with Crippen LogP contribution in [0.15, 0.2) is 29.3 Å². The Morgan fingerprint density at radius 2 is 1.86 bits per heavy atom. The molecule has 2 heterocycles. The lowest BCUT2D eigenvalue weighted by Crippen LogP contribution is -2.55. The van der Waals surface area contributed by atoms with Crippen molar-refractivity contribution in [3.63, 3.8) is 0 Å². The fourth-order valence-corrected chi connectivity index (χ4v) is 4.43. The maximum absolute atomic E-state index is 11.9. The summed E-state index contributed by atoms with van der Waals surface area (Å²) in [5.74, 6) is 0.853. The van der Waals surface area contributed by atoms with Gasteiger partial charge in [-0.15, -0.1) is 0 Å². The number of rotatable bonds is 4. The monoisotopic (exact) mass is 422 g/mol. The van der Waals surface area contributed by atoms with Gasteiger partial charge in [0.05, 0.1) is 6.61 Å². The maximum atomic E-state index is 11.9. The summed E-state index contributed by atoms with van der Waals surface area (Å²) in [6, 6.07) is 8.09. The summed E-state index contributed by atoms with van der Waals surface area (Å²) < 4.78 is 10.7. The van der Waals surface area contributed by atoms with Crippen LogP contribution >= 0.6 is 11.6 Å². The molecule has 1 amide bonds. The van der Waals surface area contributed by atoms with Gasteiger partial charge in [-0.3, -0.25) is 4.99 Å². The zero-order chi connectivity index (χ0) is 20.7. The predicted molar refractivity (Wildman–Crippen MR) is 115 cm³/mol. The Morgan fingerprint density at radius 3 is 2.48 bits per heavy atom. The molecule has 0 atom stereocenters.